The first kappa shape index (κ1) is 18.5. The van der Waals surface area contributed by atoms with E-state index in [1.807, 2.05) is 29.9 Å². The lowest BCUT2D eigenvalue weighted by Crippen LogP contribution is -2.62. The number of aliphatic imine (C=N–C) groups is 1. The molecular formula is C17H19N8O4+. The third-order valence-electron chi connectivity index (χ3n) is 4.80. The zero-order valence-corrected chi connectivity index (χ0v) is 16.1. The van der Waals surface area contributed by atoms with Gasteiger partial charge in [-0.3, -0.25) is 19.4 Å². The van der Waals surface area contributed by atoms with Gasteiger partial charge in [-0.1, -0.05) is 5.16 Å². The number of nitrogens with one attached hydrogen (secondary N) is 1. The maximum Gasteiger partial charge on any atom is 0.333 e. The van der Waals surface area contributed by atoms with Gasteiger partial charge in [0.05, 0.1) is 12.2 Å². The van der Waals surface area contributed by atoms with Crippen molar-refractivity contribution in [3.05, 3.63) is 24.2 Å². The monoisotopic (exact) mass is 399 g/mol. The first-order valence-electron chi connectivity index (χ1n) is 8.80. The van der Waals surface area contributed by atoms with Crippen LogP contribution in [0.2, 0.25) is 0 Å². The van der Waals surface area contributed by atoms with Gasteiger partial charge in [0.15, 0.2) is 6.54 Å². The second kappa shape index (κ2) is 6.96. The number of aryl methyl sites for hydroxylation is 1. The van der Waals surface area contributed by atoms with Crippen LogP contribution in [0.25, 0.3) is 11.5 Å². The lowest BCUT2D eigenvalue weighted by atomic mass is 10.1. The highest BCUT2D eigenvalue weighted by atomic mass is 16.5. The van der Waals surface area contributed by atoms with Crippen LogP contribution in [0.15, 0.2) is 27.8 Å². The van der Waals surface area contributed by atoms with Crippen LogP contribution in [0, 0.1) is 0 Å². The molecule has 0 bridgehead atoms. The molecule has 2 aliphatic rings. The maximum absolute atomic E-state index is 12.4. The van der Waals surface area contributed by atoms with Crippen molar-refractivity contribution < 1.29 is 23.5 Å². The van der Waals surface area contributed by atoms with E-state index in [1.54, 1.807) is 0 Å². The molecule has 150 valence electrons. The number of likely N-dealkylation sites (N-methyl/N-ethyl adjacent to an activating group) is 2. The van der Waals surface area contributed by atoms with E-state index in [0.717, 1.165) is 10.6 Å². The van der Waals surface area contributed by atoms with Gasteiger partial charge in [0.1, 0.15) is 0 Å². The highest BCUT2D eigenvalue weighted by Crippen LogP contribution is 2.17. The molecule has 2 aliphatic heterocycles. The normalized spacial score (nSPS) is 18.7. The Balaban J connectivity index is 1.36. The number of carbonyl (C=O) groups excluding carboxylic acids is 3. The van der Waals surface area contributed by atoms with Gasteiger partial charge in [-0.25, -0.2) is 9.37 Å². The van der Waals surface area contributed by atoms with Gasteiger partial charge in [-0.05, 0) is 17.1 Å². The molecule has 0 aliphatic carbocycles. The van der Waals surface area contributed by atoms with Crippen molar-refractivity contribution in [1.82, 2.24) is 29.8 Å². The third kappa shape index (κ3) is 3.17. The molecule has 1 N–H and O–H groups in total. The molecule has 1 unspecified atom stereocenters. The van der Waals surface area contributed by atoms with Crippen LogP contribution in [0.4, 0.5) is 4.79 Å². The Hall–Kier alpha value is -3.83. The fraction of sp³-hybridized carbons (Fsp3) is 0.353. The summed E-state index contributed by atoms with van der Waals surface area (Å²) in [7, 11) is 4.80. The largest absolute Gasteiger partial charge is 0.348 e. The quantitative estimate of drug-likeness (QED) is 0.645. The van der Waals surface area contributed by atoms with Gasteiger partial charge in [0.2, 0.25) is 11.7 Å². The molecule has 4 rings (SSSR count). The molecule has 2 aromatic rings. The molecule has 12 heteroatoms. The van der Waals surface area contributed by atoms with Crippen molar-refractivity contribution >= 4 is 30.0 Å². The van der Waals surface area contributed by atoms with Crippen LogP contribution in [-0.4, -0.2) is 85.8 Å². The number of imide groups is 1. The van der Waals surface area contributed by atoms with E-state index in [0.29, 0.717) is 11.7 Å². The van der Waals surface area contributed by atoms with Crippen LogP contribution >= 0.6 is 0 Å². The Morgan fingerprint density at radius 1 is 1.28 bits per heavy atom. The van der Waals surface area contributed by atoms with Gasteiger partial charge in [-0.15, -0.1) is 0 Å². The lowest BCUT2D eigenvalue weighted by Gasteiger charge is -2.30. The second-order valence-electron chi connectivity index (χ2n) is 6.71. The number of hydrogen-bond acceptors (Lipinski definition) is 7. The van der Waals surface area contributed by atoms with Gasteiger partial charge in [0.25, 0.3) is 30.0 Å². The van der Waals surface area contributed by atoms with E-state index >= 15 is 0 Å². The molecule has 29 heavy (non-hydrogen) atoms. The van der Waals surface area contributed by atoms with Crippen LogP contribution in [0.3, 0.4) is 0 Å². The third-order valence-corrected chi connectivity index (χ3v) is 4.80. The van der Waals surface area contributed by atoms with E-state index in [9.17, 15) is 14.4 Å². The minimum Gasteiger partial charge on any atom is -0.348 e. The lowest BCUT2D eigenvalue weighted by molar-refractivity contribution is -0.519. The van der Waals surface area contributed by atoms with Crippen molar-refractivity contribution in [1.29, 1.82) is 0 Å². The first-order chi connectivity index (χ1) is 13.9. The summed E-state index contributed by atoms with van der Waals surface area (Å²) in [6.45, 7) is -0.0627. The van der Waals surface area contributed by atoms with Crippen LogP contribution < -0.4 is 5.32 Å². The molecule has 4 amide bonds. The Morgan fingerprint density at radius 2 is 2.07 bits per heavy atom. The summed E-state index contributed by atoms with van der Waals surface area (Å²) in [6, 6.07) is 2.45. The Bertz CT molecular complexity index is 1070. The second-order valence-corrected chi connectivity index (χ2v) is 6.71. The van der Waals surface area contributed by atoms with E-state index in [-0.39, 0.29) is 24.9 Å². The number of amidine groups is 1. The molecule has 0 spiro atoms. The van der Waals surface area contributed by atoms with E-state index in [1.165, 1.54) is 29.9 Å². The standard InChI is InChI=1S/C17H18N8O4/c1-22-6-4-5-10(22)14-20-12(29-21-14)7-18-11(26)8-25-9-19-15-13(25)16(27)24(3)17(28)23(15)2/h4-6,9,13H,7-8H2,1-3H3/p+1. The van der Waals surface area contributed by atoms with Crippen LogP contribution in [0.5, 0.6) is 0 Å². The zero-order chi connectivity index (χ0) is 20.7. The molecule has 2 aromatic heterocycles. The van der Waals surface area contributed by atoms with Crippen molar-refractivity contribution in [2.24, 2.45) is 12.0 Å². The SMILES string of the molecule is CN1C(=O)C2C(=NC=[N+]2CC(=O)NCc2nc(-c3cccn3C)no2)N(C)C1=O. The number of rotatable bonds is 5. The number of fused-ring (bicyclic) bond motifs is 1. The van der Waals surface area contributed by atoms with Crippen molar-refractivity contribution in [2.45, 2.75) is 12.6 Å². The number of aromatic nitrogens is 3. The average molecular weight is 399 g/mol. The summed E-state index contributed by atoms with van der Waals surface area (Å²) in [5.74, 6) is 0.200. The number of nitrogens with zero attached hydrogens (tertiary/aromatic N) is 7. The molecule has 1 atom stereocenters. The minimum atomic E-state index is -0.805. The number of hydrogen-bond donors (Lipinski definition) is 1. The highest BCUT2D eigenvalue weighted by Gasteiger charge is 2.50. The van der Waals surface area contributed by atoms with Crippen molar-refractivity contribution in [3.63, 3.8) is 0 Å². The molecular weight excluding hydrogens is 380 g/mol. The molecule has 0 saturated carbocycles. The smallest absolute Gasteiger partial charge is 0.333 e. The van der Waals surface area contributed by atoms with Crippen LogP contribution in [0.1, 0.15) is 5.89 Å². The zero-order valence-electron chi connectivity index (χ0n) is 16.1. The molecule has 1 saturated heterocycles. The molecule has 12 nitrogen and oxygen atoms in total. The molecule has 4 heterocycles. The topological polar surface area (TPSA) is 129 Å². The molecule has 0 aromatic carbocycles. The molecule has 0 radical (unpaired) electrons. The average Bonchev–Trinajstić information content (AvgIpc) is 3.42. The summed E-state index contributed by atoms with van der Waals surface area (Å²) in [4.78, 5) is 47.5. The predicted molar refractivity (Wildman–Crippen MR) is 98.9 cm³/mol. The van der Waals surface area contributed by atoms with E-state index < -0.39 is 18.0 Å². The van der Waals surface area contributed by atoms with E-state index in [2.05, 4.69) is 20.4 Å². The number of amides is 4. The summed E-state index contributed by atoms with van der Waals surface area (Å²) in [5, 5.41) is 6.59. The van der Waals surface area contributed by atoms with Crippen molar-refractivity contribution in [2.75, 3.05) is 20.6 Å². The summed E-state index contributed by atoms with van der Waals surface area (Å²) in [6.07, 6.45) is 3.26. The Kier molecular flexibility index (Phi) is 4.45. The number of urea groups is 1. The minimum absolute atomic E-state index is 0.0503. The summed E-state index contributed by atoms with van der Waals surface area (Å²) >= 11 is 0. The van der Waals surface area contributed by atoms with Gasteiger partial charge in [-0.2, -0.15) is 4.98 Å². The molecule has 1 fully saturated rings. The summed E-state index contributed by atoms with van der Waals surface area (Å²) < 4.78 is 8.51. The van der Waals surface area contributed by atoms with E-state index in [4.69, 9.17) is 4.52 Å². The van der Waals surface area contributed by atoms with Gasteiger partial charge >= 0.3 is 6.03 Å². The fourth-order valence-electron chi connectivity index (χ4n) is 3.19. The predicted octanol–water partition coefficient (Wildman–Crippen LogP) is -0.963. The van der Waals surface area contributed by atoms with Gasteiger partial charge in [0, 0.05) is 27.3 Å². The van der Waals surface area contributed by atoms with Crippen LogP contribution in [-0.2, 0) is 23.2 Å². The fourth-order valence-corrected chi connectivity index (χ4v) is 3.19. The number of carbonyl (C=O) groups is 3. The first-order valence-corrected chi connectivity index (χ1v) is 8.80. The maximum atomic E-state index is 12.4. The highest BCUT2D eigenvalue weighted by molar-refractivity contribution is 6.21. The van der Waals surface area contributed by atoms with Crippen molar-refractivity contribution in [3.8, 4) is 11.5 Å². The summed E-state index contributed by atoms with van der Waals surface area (Å²) in [5.41, 5.74) is 0.793. The Morgan fingerprint density at radius 3 is 2.79 bits per heavy atom. The Labute approximate surface area is 165 Å². The van der Waals surface area contributed by atoms with Gasteiger partial charge < -0.3 is 14.4 Å².